The minimum absolute atomic E-state index is 0.0641. The van der Waals surface area contributed by atoms with E-state index < -0.39 is 6.10 Å². The van der Waals surface area contributed by atoms with Crippen molar-refractivity contribution in [2.75, 3.05) is 6.61 Å². The molecule has 2 aliphatic heterocycles. The fourth-order valence-corrected chi connectivity index (χ4v) is 4.84. The lowest BCUT2D eigenvalue weighted by molar-refractivity contribution is -0.117. The average Bonchev–Trinajstić information content (AvgIpc) is 3.40. The van der Waals surface area contributed by atoms with Crippen LogP contribution in [0.3, 0.4) is 0 Å². The Hall–Kier alpha value is -1.43. The molecular weight excluding hydrogens is 378 g/mol. The molecule has 2 heterocycles. The molecule has 2 saturated heterocycles. The van der Waals surface area contributed by atoms with Gasteiger partial charge < -0.3 is 19.9 Å². The molecule has 1 saturated carbocycles. The zero-order chi connectivity index (χ0) is 21.8. The minimum atomic E-state index is -0.588. The zero-order valence-corrected chi connectivity index (χ0v) is 19.0. The summed E-state index contributed by atoms with van der Waals surface area (Å²) in [6, 6.07) is 0.251. The van der Waals surface area contributed by atoms with Gasteiger partial charge >= 0.3 is 0 Å². The van der Waals surface area contributed by atoms with Crippen LogP contribution in [-0.4, -0.2) is 47.1 Å². The summed E-state index contributed by atoms with van der Waals surface area (Å²) in [6.07, 6.45) is 16.6. The first-order chi connectivity index (χ1) is 14.1. The van der Waals surface area contributed by atoms with Crippen LogP contribution in [0.4, 0.5) is 0 Å². The Kier molecular flexibility index (Phi) is 7.59. The normalized spacial score (nSPS) is 35.1. The second kappa shape index (κ2) is 9.80. The first-order valence-electron chi connectivity index (χ1n) is 11.5. The minimum Gasteiger partial charge on any atom is -0.389 e. The van der Waals surface area contributed by atoms with Crippen molar-refractivity contribution in [2.45, 2.75) is 102 Å². The summed E-state index contributed by atoms with van der Waals surface area (Å²) < 4.78 is 11.9. The summed E-state index contributed by atoms with van der Waals surface area (Å²) in [5, 5.41) is 12.3. The fourth-order valence-electron chi connectivity index (χ4n) is 4.84. The number of aliphatic hydroxyl groups is 1. The summed E-state index contributed by atoms with van der Waals surface area (Å²) >= 11 is 0. The summed E-state index contributed by atoms with van der Waals surface area (Å²) in [6.45, 7) is 8.98. The van der Waals surface area contributed by atoms with Crippen LogP contribution in [0.15, 0.2) is 36.0 Å². The number of aliphatic hydroxyl groups excluding tert-OH is 1. The molecular formula is C25H39NO4. The molecule has 0 bridgehead atoms. The SMILES string of the molecule is CC(/C=C/[C@@H]1C[C@]2(CO2)CC(C)(C)O1)=C\C[C@H]1CC[C@H](NC(=O)/C=C\[C@H](C)O)CC1. The Morgan fingerprint density at radius 2 is 1.93 bits per heavy atom. The van der Waals surface area contributed by atoms with Crippen molar-refractivity contribution in [2.24, 2.45) is 5.92 Å². The molecule has 5 heteroatoms. The molecule has 1 aliphatic carbocycles. The quantitative estimate of drug-likeness (QED) is 0.370. The van der Waals surface area contributed by atoms with Crippen molar-refractivity contribution in [1.82, 2.24) is 5.32 Å². The van der Waals surface area contributed by atoms with Crippen molar-refractivity contribution in [3.05, 3.63) is 36.0 Å². The van der Waals surface area contributed by atoms with E-state index in [0.29, 0.717) is 5.92 Å². The molecule has 0 aromatic rings. The molecule has 168 valence electrons. The zero-order valence-electron chi connectivity index (χ0n) is 19.0. The van der Waals surface area contributed by atoms with Gasteiger partial charge in [0.15, 0.2) is 0 Å². The molecule has 1 spiro atoms. The maximum atomic E-state index is 11.9. The van der Waals surface area contributed by atoms with Crippen LogP contribution >= 0.6 is 0 Å². The molecule has 30 heavy (non-hydrogen) atoms. The highest BCUT2D eigenvalue weighted by Gasteiger charge is 2.53. The average molecular weight is 418 g/mol. The predicted octanol–water partition coefficient (Wildman–Crippen LogP) is 4.22. The molecule has 5 nitrogen and oxygen atoms in total. The highest BCUT2D eigenvalue weighted by molar-refractivity contribution is 5.87. The second-order valence-corrected chi connectivity index (χ2v) is 10.1. The van der Waals surface area contributed by atoms with Gasteiger partial charge in [-0.2, -0.15) is 0 Å². The number of rotatable bonds is 7. The van der Waals surface area contributed by atoms with Crippen LogP contribution in [0.25, 0.3) is 0 Å². The lowest BCUT2D eigenvalue weighted by Gasteiger charge is -2.38. The third-order valence-electron chi connectivity index (χ3n) is 6.41. The van der Waals surface area contributed by atoms with Crippen LogP contribution < -0.4 is 5.32 Å². The summed E-state index contributed by atoms with van der Waals surface area (Å²) in [7, 11) is 0. The molecule has 0 aromatic heterocycles. The van der Waals surface area contributed by atoms with Gasteiger partial charge in [0.25, 0.3) is 0 Å². The molecule has 0 radical (unpaired) electrons. The van der Waals surface area contributed by atoms with Gasteiger partial charge in [0, 0.05) is 25.0 Å². The van der Waals surface area contributed by atoms with E-state index in [-0.39, 0.29) is 29.3 Å². The molecule has 0 aromatic carbocycles. The Labute approximate surface area is 181 Å². The van der Waals surface area contributed by atoms with E-state index in [2.05, 4.69) is 44.3 Å². The molecule has 2 N–H and O–H groups in total. The number of allylic oxidation sites excluding steroid dienone is 3. The van der Waals surface area contributed by atoms with Crippen LogP contribution in [0.1, 0.15) is 72.6 Å². The van der Waals surface area contributed by atoms with E-state index in [1.807, 2.05) is 0 Å². The van der Waals surface area contributed by atoms with Crippen LogP contribution in [0.5, 0.6) is 0 Å². The van der Waals surface area contributed by atoms with Gasteiger partial charge in [-0.25, -0.2) is 0 Å². The number of epoxide rings is 1. The monoisotopic (exact) mass is 417 g/mol. The number of amides is 1. The number of carbonyl (C=O) groups excluding carboxylic acids is 1. The molecule has 3 aliphatic rings. The standard InChI is InChI=1S/C25H39NO4/c1-18(6-13-22-15-25(17-29-25)16-24(3,4)30-22)5-8-20-9-11-21(12-10-20)26-23(28)14-7-19(2)27/h5-7,13-14,19-22,27H,8-12,15-17H2,1-4H3,(H,26,28)/b13-6+,14-7-,18-5+/t19-,20-,21-,22+,25+/m0/s1. The van der Waals surface area contributed by atoms with Crippen LogP contribution in [-0.2, 0) is 14.3 Å². The molecule has 3 rings (SSSR count). The Morgan fingerprint density at radius 1 is 1.23 bits per heavy atom. The van der Waals surface area contributed by atoms with Gasteiger partial charge in [0.1, 0.15) is 0 Å². The fraction of sp³-hybridized carbons (Fsp3) is 0.720. The number of nitrogens with one attached hydrogen (secondary N) is 1. The van der Waals surface area contributed by atoms with E-state index in [1.165, 1.54) is 17.7 Å². The lowest BCUT2D eigenvalue weighted by Crippen LogP contribution is -2.43. The van der Waals surface area contributed by atoms with Crippen molar-refractivity contribution >= 4 is 5.91 Å². The topological polar surface area (TPSA) is 71.1 Å². The van der Waals surface area contributed by atoms with Crippen LogP contribution in [0, 0.1) is 5.92 Å². The third-order valence-corrected chi connectivity index (χ3v) is 6.41. The van der Waals surface area contributed by atoms with E-state index >= 15 is 0 Å². The molecule has 3 atom stereocenters. The van der Waals surface area contributed by atoms with Gasteiger partial charge in [-0.15, -0.1) is 0 Å². The van der Waals surface area contributed by atoms with Crippen LogP contribution in [0.2, 0.25) is 0 Å². The highest BCUT2D eigenvalue weighted by Crippen LogP contribution is 2.46. The van der Waals surface area contributed by atoms with E-state index in [1.54, 1.807) is 6.92 Å². The largest absolute Gasteiger partial charge is 0.389 e. The van der Waals surface area contributed by atoms with E-state index in [9.17, 15) is 9.90 Å². The molecule has 0 unspecified atom stereocenters. The van der Waals surface area contributed by atoms with Crippen molar-refractivity contribution in [3.8, 4) is 0 Å². The maximum absolute atomic E-state index is 11.9. The van der Waals surface area contributed by atoms with Gasteiger partial charge in [-0.3, -0.25) is 4.79 Å². The third kappa shape index (κ3) is 7.36. The summed E-state index contributed by atoms with van der Waals surface area (Å²) in [4.78, 5) is 11.9. The van der Waals surface area contributed by atoms with Gasteiger partial charge in [0.05, 0.1) is 30.0 Å². The molecule has 1 amide bonds. The Morgan fingerprint density at radius 3 is 2.57 bits per heavy atom. The van der Waals surface area contributed by atoms with Crippen molar-refractivity contribution in [1.29, 1.82) is 0 Å². The maximum Gasteiger partial charge on any atom is 0.243 e. The number of hydrogen-bond donors (Lipinski definition) is 2. The number of hydrogen-bond acceptors (Lipinski definition) is 4. The highest BCUT2D eigenvalue weighted by atomic mass is 16.6. The summed E-state index contributed by atoms with van der Waals surface area (Å²) in [5.74, 6) is 0.578. The smallest absolute Gasteiger partial charge is 0.243 e. The first kappa shape index (κ1) is 23.2. The van der Waals surface area contributed by atoms with E-state index in [0.717, 1.165) is 51.6 Å². The Balaban J connectivity index is 1.39. The lowest BCUT2D eigenvalue weighted by atomic mass is 9.83. The number of carbonyl (C=O) groups is 1. The van der Waals surface area contributed by atoms with Crippen molar-refractivity contribution in [3.63, 3.8) is 0 Å². The second-order valence-electron chi connectivity index (χ2n) is 10.1. The van der Waals surface area contributed by atoms with Gasteiger partial charge in [-0.05, 0) is 65.7 Å². The van der Waals surface area contributed by atoms with Gasteiger partial charge in [0.2, 0.25) is 5.91 Å². The Bertz CT molecular complexity index is 673. The first-order valence-corrected chi connectivity index (χ1v) is 11.5. The van der Waals surface area contributed by atoms with Crippen molar-refractivity contribution < 1.29 is 19.4 Å². The predicted molar refractivity (Wildman–Crippen MR) is 119 cm³/mol. The molecule has 3 fully saturated rings. The summed E-state index contributed by atoms with van der Waals surface area (Å²) in [5.41, 5.74) is 1.22. The van der Waals surface area contributed by atoms with Gasteiger partial charge in [-0.1, -0.05) is 29.9 Å². The number of ether oxygens (including phenoxy) is 2. The van der Waals surface area contributed by atoms with E-state index in [4.69, 9.17) is 9.47 Å².